The van der Waals surface area contributed by atoms with E-state index < -0.39 is 33.9 Å². The normalized spacial score (nSPS) is 15.5. The van der Waals surface area contributed by atoms with Crippen LogP contribution < -0.4 is 20.3 Å². The summed E-state index contributed by atoms with van der Waals surface area (Å²) in [5, 5.41) is 8.47. The Balaban J connectivity index is 1.70. The van der Waals surface area contributed by atoms with Crippen LogP contribution in [0.5, 0.6) is 0 Å². The maximum atomic E-state index is 13.8. The van der Waals surface area contributed by atoms with Gasteiger partial charge in [-0.25, -0.2) is 8.42 Å². The monoisotopic (exact) mass is 623 g/mol. The zero-order valence-electron chi connectivity index (χ0n) is 21.2. The SMILES string of the molecule is CC(=O)N[C@H](C)C(=O)N[C@@H]1Cc2ncc(NC(=O)c3c(Cl)cccc3Cl)cc2N(S(=O)(=O)c2cccc(Cl)c2)C1. The average molecular weight is 625 g/mol. The van der Waals surface area contributed by atoms with Gasteiger partial charge in [0, 0.05) is 18.4 Å². The second-order valence-corrected chi connectivity index (χ2v) is 12.2. The summed E-state index contributed by atoms with van der Waals surface area (Å²) in [5.74, 6) is -1.46. The third kappa shape index (κ3) is 6.49. The minimum Gasteiger partial charge on any atom is -0.349 e. The summed E-state index contributed by atoms with van der Waals surface area (Å²) in [6, 6.07) is 10.4. The van der Waals surface area contributed by atoms with Gasteiger partial charge in [-0.3, -0.25) is 23.7 Å². The summed E-state index contributed by atoms with van der Waals surface area (Å²) in [5.41, 5.74) is 0.836. The van der Waals surface area contributed by atoms with Gasteiger partial charge in [0.2, 0.25) is 11.8 Å². The van der Waals surface area contributed by atoms with Gasteiger partial charge in [0.1, 0.15) is 6.04 Å². The fraction of sp³-hybridized carbons (Fsp3) is 0.231. The quantitative estimate of drug-likeness (QED) is 0.363. The van der Waals surface area contributed by atoms with E-state index in [9.17, 15) is 22.8 Å². The van der Waals surface area contributed by atoms with Crippen molar-refractivity contribution in [2.75, 3.05) is 16.2 Å². The number of halogens is 3. The number of fused-ring (bicyclic) bond motifs is 1. The van der Waals surface area contributed by atoms with Gasteiger partial charge in [-0.15, -0.1) is 0 Å². The molecule has 0 fully saturated rings. The summed E-state index contributed by atoms with van der Waals surface area (Å²) in [4.78, 5) is 41.3. The smallest absolute Gasteiger partial charge is 0.264 e. The molecule has 40 heavy (non-hydrogen) atoms. The second-order valence-electron chi connectivity index (χ2n) is 9.07. The van der Waals surface area contributed by atoms with Crippen LogP contribution >= 0.6 is 34.8 Å². The molecule has 1 aliphatic heterocycles. The summed E-state index contributed by atoms with van der Waals surface area (Å²) in [7, 11) is -4.18. The lowest BCUT2D eigenvalue weighted by molar-refractivity contribution is -0.128. The lowest BCUT2D eigenvalue weighted by Gasteiger charge is -2.35. The minimum absolute atomic E-state index is 0.0584. The van der Waals surface area contributed by atoms with Crippen molar-refractivity contribution in [1.82, 2.24) is 15.6 Å². The Morgan fingerprint density at radius 1 is 1.05 bits per heavy atom. The number of nitrogens with one attached hydrogen (secondary N) is 3. The zero-order chi connectivity index (χ0) is 29.2. The van der Waals surface area contributed by atoms with E-state index in [0.717, 1.165) is 4.31 Å². The number of rotatable bonds is 7. The molecule has 1 aromatic heterocycles. The fourth-order valence-electron chi connectivity index (χ4n) is 4.20. The molecule has 0 saturated carbocycles. The van der Waals surface area contributed by atoms with E-state index in [1.807, 2.05) is 0 Å². The van der Waals surface area contributed by atoms with Crippen molar-refractivity contribution in [2.24, 2.45) is 0 Å². The summed E-state index contributed by atoms with van der Waals surface area (Å²) >= 11 is 18.4. The number of hydrogen-bond acceptors (Lipinski definition) is 6. The first-order valence-electron chi connectivity index (χ1n) is 12.0. The van der Waals surface area contributed by atoms with E-state index in [0.29, 0.717) is 5.69 Å². The van der Waals surface area contributed by atoms with Crippen LogP contribution in [0.1, 0.15) is 29.9 Å². The van der Waals surface area contributed by atoms with E-state index in [4.69, 9.17) is 34.8 Å². The van der Waals surface area contributed by atoms with E-state index in [2.05, 4.69) is 20.9 Å². The molecule has 2 heterocycles. The van der Waals surface area contributed by atoms with Gasteiger partial charge >= 0.3 is 0 Å². The maximum absolute atomic E-state index is 13.8. The molecule has 210 valence electrons. The van der Waals surface area contributed by atoms with Crippen LogP contribution in [0.3, 0.4) is 0 Å². The Hall–Kier alpha value is -3.38. The molecule has 10 nitrogen and oxygen atoms in total. The van der Waals surface area contributed by atoms with E-state index in [-0.39, 0.29) is 55.8 Å². The molecule has 3 N–H and O–H groups in total. The average Bonchev–Trinajstić information content (AvgIpc) is 2.87. The Morgan fingerprint density at radius 2 is 1.73 bits per heavy atom. The molecule has 14 heteroatoms. The first-order valence-corrected chi connectivity index (χ1v) is 14.5. The summed E-state index contributed by atoms with van der Waals surface area (Å²) in [6.07, 6.45) is 1.57. The number of hydrogen-bond donors (Lipinski definition) is 3. The highest BCUT2D eigenvalue weighted by atomic mass is 35.5. The number of pyridine rings is 1. The van der Waals surface area contributed by atoms with Crippen LogP contribution in [0, 0.1) is 0 Å². The molecule has 3 amide bonds. The molecule has 2 atom stereocenters. The van der Waals surface area contributed by atoms with Gasteiger partial charge in [0.25, 0.3) is 15.9 Å². The van der Waals surface area contributed by atoms with Crippen molar-refractivity contribution in [3.63, 3.8) is 0 Å². The Bertz CT molecular complexity index is 1580. The van der Waals surface area contributed by atoms with Crippen LogP contribution in [-0.2, 0) is 26.0 Å². The Labute approximate surface area is 246 Å². The standard InChI is InChI=1S/C26H24Cl3N5O5S/c1-14(31-15(2)35)25(36)33-18-10-22-23(34(13-18)40(38,39)19-6-3-5-16(27)9-19)11-17(12-30-22)32-26(37)24-20(28)7-4-8-21(24)29/h3-9,11-12,14,18H,10,13H2,1-2H3,(H,31,35)(H,32,37)(H,33,36)/t14-,18-/m1/s1. The molecular formula is C26H24Cl3N5O5S. The number of nitrogens with zero attached hydrogens (tertiary/aromatic N) is 2. The lowest BCUT2D eigenvalue weighted by atomic mass is 10.0. The molecule has 0 spiro atoms. The Morgan fingerprint density at radius 3 is 2.38 bits per heavy atom. The molecule has 1 aliphatic rings. The van der Waals surface area contributed by atoms with E-state index >= 15 is 0 Å². The number of amides is 3. The number of aromatic nitrogens is 1. The number of sulfonamides is 1. The van der Waals surface area contributed by atoms with Crippen LogP contribution in [0.4, 0.5) is 11.4 Å². The highest BCUT2D eigenvalue weighted by Crippen LogP contribution is 2.34. The van der Waals surface area contributed by atoms with Crippen molar-refractivity contribution in [3.8, 4) is 0 Å². The van der Waals surface area contributed by atoms with Gasteiger partial charge in [-0.05, 0) is 43.3 Å². The molecule has 2 aromatic carbocycles. The van der Waals surface area contributed by atoms with Gasteiger partial charge in [-0.1, -0.05) is 46.9 Å². The van der Waals surface area contributed by atoms with Crippen molar-refractivity contribution in [3.05, 3.63) is 81.1 Å². The molecule has 0 radical (unpaired) electrons. The van der Waals surface area contributed by atoms with Gasteiger partial charge in [0.15, 0.2) is 0 Å². The second kappa shape index (κ2) is 12.0. The minimum atomic E-state index is -4.18. The topological polar surface area (TPSA) is 138 Å². The molecule has 0 unspecified atom stereocenters. The molecule has 0 saturated heterocycles. The van der Waals surface area contributed by atoms with Crippen molar-refractivity contribution in [1.29, 1.82) is 0 Å². The molecule has 0 aliphatic carbocycles. The predicted octanol–water partition coefficient (Wildman–Crippen LogP) is 4.05. The van der Waals surface area contributed by atoms with Gasteiger partial charge in [0.05, 0.1) is 56.4 Å². The van der Waals surface area contributed by atoms with Crippen LogP contribution in [0.2, 0.25) is 15.1 Å². The first-order chi connectivity index (χ1) is 18.9. The van der Waals surface area contributed by atoms with Crippen molar-refractivity contribution in [2.45, 2.75) is 37.2 Å². The highest BCUT2D eigenvalue weighted by Gasteiger charge is 2.36. The highest BCUT2D eigenvalue weighted by molar-refractivity contribution is 7.92. The summed E-state index contributed by atoms with van der Waals surface area (Å²) in [6.45, 7) is 2.67. The number of anilines is 2. The van der Waals surface area contributed by atoms with Crippen molar-refractivity contribution < 1.29 is 22.8 Å². The zero-order valence-corrected chi connectivity index (χ0v) is 24.3. The number of benzene rings is 2. The molecular weight excluding hydrogens is 601 g/mol. The predicted molar refractivity (Wildman–Crippen MR) is 154 cm³/mol. The molecule has 3 aromatic rings. The van der Waals surface area contributed by atoms with E-state index in [1.165, 1.54) is 56.4 Å². The maximum Gasteiger partial charge on any atom is 0.264 e. The largest absolute Gasteiger partial charge is 0.349 e. The first kappa shape index (κ1) is 29.6. The number of carbonyl (C=O) groups excluding carboxylic acids is 3. The Kier molecular flexibility index (Phi) is 8.89. The molecule has 0 bridgehead atoms. The fourth-order valence-corrected chi connectivity index (χ4v) is 6.60. The van der Waals surface area contributed by atoms with Crippen LogP contribution in [-0.4, -0.2) is 49.8 Å². The van der Waals surface area contributed by atoms with Crippen LogP contribution in [0.25, 0.3) is 0 Å². The third-order valence-corrected chi connectivity index (χ3v) is 8.67. The third-order valence-electron chi connectivity index (χ3n) is 6.03. The molecule has 4 rings (SSSR count). The summed E-state index contributed by atoms with van der Waals surface area (Å²) < 4.78 is 28.7. The lowest BCUT2D eigenvalue weighted by Crippen LogP contribution is -2.54. The number of carbonyl (C=O) groups is 3. The van der Waals surface area contributed by atoms with E-state index in [1.54, 1.807) is 12.1 Å². The van der Waals surface area contributed by atoms with Gasteiger partial charge in [-0.2, -0.15) is 0 Å². The van der Waals surface area contributed by atoms with Gasteiger partial charge < -0.3 is 16.0 Å². The van der Waals surface area contributed by atoms with Crippen LogP contribution in [0.15, 0.2) is 59.6 Å². The van der Waals surface area contributed by atoms with Crippen molar-refractivity contribution >= 4 is 73.9 Å².